The molecule has 110 valence electrons. The van der Waals surface area contributed by atoms with Crippen LogP contribution in [0.15, 0.2) is 16.6 Å². The summed E-state index contributed by atoms with van der Waals surface area (Å²) in [6.07, 6.45) is 0.634. The van der Waals surface area contributed by atoms with Gasteiger partial charge in [-0.25, -0.2) is 9.37 Å². The molecule has 3 nitrogen and oxygen atoms in total. The van der Waals surface area contributed by atoms with Gasteiger partial charge in [-0.05, 0) is 35.8 Å². The first-order chi connectivity index (χ1) is 9.38. The second-order valence-corrected chi connectivity index (χ2v) is 6.50. The number of halogens is 3. The maximum atomic E-state index is 13.8. The standard InChI is InChI=1S/C14H17BrClFN2O/c1-14(2,20-3)8-19-12-7-10(17)9(15)6-11(12)18-13(19)4-5-16/h6-7H,4-5,8H2,1-3H3. The van der Waals surface area contributed by atoms with Crippen LogP contribution in [0, 0.1) is 5.82 Å². The normalized spacial score (nSPS) is 12.3. The number of alkyl halides is 1. The Morgan fingerprint density at radius 2 is 2.15 bits per heavy atom. The molecule has 0 saturated carbocycles. The molecule has 1 heterocycles. The van der Waals surface area contributed by atoms with Crippen LogP contribution >= 0.6 is 27.5 Å². The molecule has 1 aromatic heterocycles. The minimum absolute atomic E-state index is 0.300. The van der Waals surface area contributed by atoms with Gasteiger partial charge in [0.15, 0.2) is 0 Å². The van der Waals surface area contributed by atoms with Crippen molar-refractivity contribution in [2.75, 3.05) is 13.0 Å². The Bertz CT molecular complexity index is 627. The quantitative estimate of drug-likeness (QED) is 0.746. The number of methoxy groups -OCH3 is 1. The SMILES string of the molecule is COC(C)(C)Cn1c(CCCl)nc2cc(Br)c(F)cc21. The van der Waals surface area contributed by atoms with Gasteiger partial charge in [-0.1, -0.05) is 0 Å². The Hall–Kier alpha value is -0.650. The molecule has 20 heavy (non-hydrogen) atoms. The van der Waals surface area contributed by atoms with E-state index in [1.165, 1.54) is 6.07 Å². The number of aryl methyl sites for hydroxylation is 1. The molecule has 0 amide bonds. The van der Waals surface area contributed by atoms with Gasteiger partial charge in [-0.3, -0.25) is 0 Å². The van der Waals surface area contributed by atoms with E-state index in [-0.39, 0.29) is 11.4 Å². The van der Waals surface area contributed by atoms with Gasteiger partial charge in [-0.15, -0.1) is 11.6 Å². The highest BCUT2D eigenvalue weighted by molar-refractivity contribution is 9.10. The van der Waals surface area contributed by atoms with Crippen molar-refractivity contribution >= 4 is 38.6 Å². The van der Waals surface area contributed by atoms with E-state index in [0.29, 0.717) is 23.3 Å². The predicted octanol–water partition coefficient (Wildman–Crippen LogP) is 4.14. The van der Waals surface area contributed by atoms with Crippen LogP contribution in [0.2, 0.25) is 0 Å². The highest BCUT2D eigenvalue weighted by Gasteiger charge is 2.22. The second kappa shape index (κ2) is 6.00. The minimum Gasteiger partial charge on any atom is -0.377 e. The number of fused-ring (bicyclic) bond motifs is 1. The molecule has 0 aliphatic heterocycles. The van der Waals surface area contributed by atoms with Crippen molar-refractivity contribution in [3.63, 3.8) is 0 Å². The number of hydrogen-bond acceptors (Lipinski definition) is 2. The molecule has 6 heteroatoms. The maximum Gasteiger partial charge on any atom is 0.139 e. The lowest BCUT2D eigenvalue weighted by molar-refractivity contribution is 0.00845. The smallest absolute Gasteiger partial charge is 0.139 e. The lowest BCUT2D eigenvalue weighted by atomic mass is 10.1. The predicted molar refractivity (Wildman–Crippen MR) is 82.9 cm³/mol. The number of aromatic nitrogens is 2. The molecule has 0 bridgehead atoms. The third-order valence-corrected chi connectivity index (χ3v) is 4.08. The summed E-state index contributed by atoms with van der Waals surface area (Å²) in [5.41, 5.74) is 1.15. The zero-order valence-corrected chi connectivity index (χ0v) is 14.1. The lowest BCUT2D eigenvalue weighted by Crippen LogP contribution is -2.30. The van der Waals surface area contributed by atoms with Crippen molar-refractivity contribution in [2.45, 2.75) is 32.4 Å². The van der Waals surface area contributed by atoms with Gasteiger partial charge in [-0.2, -0.15) is 0 Å². The minimum atomic E-state index is -0.363. The Morgan fingerprint density at radius 3 is 2.75 bits per heavy atom. The molecule has 0 aliphatic carbocycles. The van der Waals surface area contributed by atoms with Gasteiger partial charge in [0.25, 0.3) is 0 Å². The third kappa shape index (κ3) is 3.15. The van der Waals surface area contributed by atoms with Crippen LogP contribution in [0.3, 0.4) is 0 Å². The maximum absolute atomic E-state index is 13.8. The van der Waals surface area contributed by atoms with Crippen molar-refractivity contribution in [1.82, 2.24) is 9.55 Å². The van der Waals surface area contributed by atoms with Crippen molar-refractivity contribution in [3.8, 4) is 0 Å². The van der Waals surface area contributed by atoms with E-state index in [2.05, 4.69) is 20.9 Å². The molecule has 0 spiro atoms. The summed E-state index contributed by atoms with van der Waals surface area (Å²) in [6.45, 7) is 4.56. The molecule has 0 fully saturated rings. The summed E-state index contributed by atoms with van der Waals surface area (Å²) in [5, 5.41) is 0. The third-order valence-electron chi connectivity index (χ3n) is 3.28. The van der Waals surface area contributed by atoms with Crippen LogP contribution in [0.5, 0.6) is 0 Å². The first kappa shape index (κ1) is 15.7. The van der Waals surface area contributed by atoms with Crippen LogP contribution in [0.25, 0.3) is 11.0 Å². The summed E-state index contributed by atoms with van der Waals surface area (Å²) in [4.78, 5) is 4.55. The van der Waals surface area contributed by atoms with Gasteiger partial charge >= 0.3 is 0 Å². The van der Waals surface area contributed by atoms with Gasteiger partial charge in [0.05, 0.1) is 27.7 Å². The van der Waals surface area contributed by atoms with E-state index >= 15 is 0 Å². The summed E-state index contributed by atoms with van der Waals surface area (Å²) < 4.78 is 21.7. The molecule has 0 saturated heterocycles. The lowest BCUT2D eigenvalue weighted by Gasteiger charge is -2.24. The van der Waals surface area contributed by atoms with E-state index < -0.39 is 0 Å². The van der Waals surface area contributed by atoms with E-state index in [1.807, 2.05) is 18.4 Å². The van der Waals surface area contributed by atoms with Crippen LogP contribution in [-0.4, -0.2) is 28.1 Å². The van der Waals surface area contributed by atoms with Crippen molar-refractivity contribution in [2.24, 2.45) is 0 Å². The average molecular weight is 364 g/mol. The largest absolute Gasteiger partial charge is 0.377 e. The summed E-state index contributed by atoms with van der Waals surface area (Å²) in [5.74, 6) is 1.02. The summed E-state index contributed by atoms with van der Waals surface area (Å²) in [7, 11) is 1.66. The highest BCUT2D eigenvalue weighted by atomic mass is 79.9. The summed E-state index contributed by atoms with van der Waals surface area (Å²) in [6, 6.07) is 3.19. The van der Waals surface area contributed by atoms with Crippen molar-refractivity contribution < 1.29 is 9.13 Å². The molecule has 0 unspecified atom stereocenters. The molecule has 0 radical (unpaired) electrons. The molecule has 2 aromatic rings. The van der Waals surface area contributed by atoms with E-state index in [4.69, 9.17) is 16.3 Å². The van der Waals surface area contributed by atoms with Crippen molar-refractivity contribution in [3.05, 3.63) is 28.2 Å². The van der Waals surface area contributed by atoms with Crippen LogP contribution in [-0.2, 0) is 17.7 Å². The first-order valence-electron chi connectivity index (χ1n) is 6.33. The van der Waals surface area contributed by atoms with Gasteiger partial charge in [0.2, 0.25) is 0 Å². The topological polar surface area (TPSA) is 27.1 Å². The van der Waals surface area contributed by atoms with Gasteiger partial charge in [0, 0.05) is 25.5 Å². The van der Waals surface area contributed by atoms with Crippen LogP contribution < -0.4 is 0 Å². The van der Waals surface area contributed by atoms with E-state index in [0.717, 1.165) is 16.9 Å². The molecule has 0 N–H and O–H groups in total. The zero-order chi connectivity index (χ0) is 14.9. The number of nitrogens with zero attached hydrogens (tertiary/aromatic N) is 2. The number of benzene rings is 1. The number of ether oxygens (including phenoxy) is 1. The number of hydrogen-bond donors (Lipinski definition) is 0. The molecule has 2 rings (SSSR count). The van der Waals surface area contributed by atoms with Gasteiger partial charge < -0.3 is 9.30 Å². The monoisotopic (exact) mass is 362 g/mol. The van der Waals surface area contributed by atoms with Crippen LogP contribution in [0.4, 0.5) is 4.39 Å². The summed E-state index contributed by atoms with van der Waals surface area (Å²) >= 11 is 9.02. The fourth-order valence-electron chi connectivity index (χ4n) is 2.07. The van der Waals surface area contributed by atoms with Crippen LogP contribution in [0.1, 0.15) is 19.7 Å². The number of rotatable bonds is 5. The molecule has 0 aliphatic rings. The molecule has 1 aromatic carbocycles. The molecular formula is C14H17BrClFN2O. The Balaban J connectivity index is 2.58. The van der Waals surface area contributed by atoms with E-state index in [1.54, 1.807) is 13.2 Å². The zero-order valence-electron chi connectivity index (χ0n) is 11.7. The highest BCUT2D eigenvalue weighted by Crippen LogP contribution is 2.26. The molecule has 0 atom stereocenters. The number of imidazole rings is 1. The Kier molecular flexibility index (Phi) is 4.72. The Morgan fingerprint density at radius 1 is 1.45 bits per heavy atom. The average Bonchev–Trinajstić information content (AvgIpc) is 2.68. The van der Waals surface area contributed by atoms with Gasteiger partial charge in [0.1, 0.15) is 11.6 Å². The molecular weight excluding hydrogens is 347 g/mol. The van der Waals surface area contributed by atoms with Crippen molar-refractivity contribution in [1.29, 1.82) is 0 Å². The van der Waals surface area contributed by atoms with E-state index in [9.17, 15) is 4.39 Å². The Labute approximate surface area is 131 Å². The fourth-order valence-corrected chi connectivity index (χ4v) is 2.57. The first-order valence-corrected chi connectivity index (χ1v) is 7.66. The fraction of sp³-hybridized carbons (Fsp3) is 0.500. The second-order valence-electron chi connectivity index (χ2n) is 5.27.